The van der Waals surface area contributed by atoms with Crippen molar-refractivity contribution in [3.8, 4) is 0 Å². The Kier molecular flexibility index (Phi) is 3.99. The maximum Gasteiger partial charge on any atom is 0.290 e. The van der Waals surface area contributed by atoms with Crippen LogP contribution in [0.15, 0.2) is 12.3 Å². The normalized spacial score (nSPS) is 10.0. The van der Waals surface area contributed by atoms with Gasteiger partial charge < -0.3 is 10.4 Å². The van der Waals surface area contributed by atoms with Crippen molar-refractivity contribution in [2.45, 2.75) is 13.3 Å². The Bertz CT molecular complexity index is 354. The molecule has 0 aliphatic carbocycles. The highest BCUT2D eigenvalue weighted by atomic mass is 16.6. The second-order valence-corrected chi connectivity index (χ2v) is 3.12. The van der Waals surface area contributed by atoms with E-state index < -0.39 is 4.92 Å². The first-order valence-corrected chi connectivity index (χ1v) is 4.61. The Morgan fingerprint density at radius 2 is 2.40 bits per heavy atom. The fourth-order valence-electron chi connectivity index (χ4n) is 1.13. The predicted octanol–water partition coefficient (Wildman–Crippen LogP) is 1.09. The molecule has 1 aromatic rings. The molecule has 0 radical (unpaired) electrons. The number of anilines is 1. The van der Waals surface area contributed by atoms with Gasteiger partial charge in [-0.15, -0.1) is 0 Å². The quantitative estimate of drug-likeness (QED) is 0.432. The summed E-state index contributed by atoms with van der Waals surface area (Å²) >= 11 is 0. The van der Waals surface area contributed by atoms with Crippen molar-refractivity contribution in [1.29, 1.82) is 0 Å². The van der Waals surface area contributed by atoms with Gasteiger partial charge in [-0.05, 0) is 19.4 Å². The number of aliphatic hydroxyl groups excluding tert-OH is 1. The zero-order valence-corrected chi connectivity index (χ0v) is 8.43. The summed E-state index contributed by atoms with van der Waals surface area (Å²) < 4.78 is 0. The molecule has 0 bridgehead atoms. The minimum absolute atomic E-state index is 0.0164. The van der Waals surface area contributed by atoms with Gasteiger partial charge in [0.15, 0.2) is 0 Å². The minimum atomic E-state index is -0.458. The van der Waals surface area contributed by atoms with Crippen LogP contribution in [0.2, 0.25) is 0 Å². The number of nitro groups is 1. The van der Waals surface area contributed by atoms with E-state index in [1.807, 2.05) is 0 Å². The van der Waals surface area contributed by atoms with Crippen LogP contribution in [0.1, 0.15) is 12.0 Å². The van der Waals surface area contributed by atoms with Gasteiger partial charge >= 0.3 is 0 Å². The molecule has 0 saturated heterocycles. The van der Waals surface area contributed by atoms with Crippen molar-refractivity contribution in [2.75, 3.05) is 18.5 Å². The monoisotopic (exact) mass is 211 g/mol. The molecule has 2 N–H and O–H groups in total. The maximum absolute atomic E-state index is 10.5. The molecule has 0 aliphatic heterocycles. The van der Waals surface area contributed by atoms with Crippen molar-refractivity contribution < 1.29 is 10.0 Å². The lowest BCUT2D eigenvalue weighted by atomic mass is 10.2. The third-order valence-corrected chi connectivity index (χ3v) is 1.92. The van der Waals surface area contributed by atoms with Gasteiger partial charge in [-0.2, -0.15) is 0 Å². The Labute approximate surface area is 87.1 Å². The molecule has 0 atom stereocenters. The number of hydrogen-bond acceptors (Lipinski definition) is 5. The number of aliphatic hydroxyl groups is 1. The zero-order chi connectivity index (χ0) is 11.3. The van der Waals surface area contributed by atoms with Gasteiger partial charge in [0.05, 0.1) is 4.92 Å². The number of aryl methyl sites for hydroxylation is 1. The molecule has 0 aromatic carbocycles. The van der Waals surface area contributed by atoms with Crippen LogP contribution in [-0.2, 0) is 0 Å². The molecule has 0 unspecified atom stereocenters. The highest BCUT2D eigenvalue weighted by molar-refractivity contribution is 5.46. The van der Waals surface area contributed by atoms with Crippen LogP contribution in [0.25, 0.3) is 0 Å². The van der Waals surface area contributed by atoms with E-state index in [0.717, 1.165) is 0 Å². The van der Waals surface area contributed by atoms with Crippen molar-refractivity contribution in [3.63, 3.8) is 0 Å². The first kappa shape index (κ1) is 11.4. The molecule has 1 rings (SSSR count). The molecular weight excluding hydrogens is 198 g/mol. The average Bonchev–Trinajstić information content (AvgIpc) is 2.17. The van der Waals surface area contributed by atoms with E-state index in [9.17, 15) is 10.1 Å². The molecule has 0 spiro atoms. The van der Waals surface area contributed by atoms with E-state index in [2.05, 4.69) is 10.3 Å². The molecule has 6 heteroatoms. The number of aromatic nitrogens is 1. The molecule has 15 heavy (non-hydrogen) atoms. The largest absolute Gasteiger partial charge is 0.396 e. The third kappa shape index (κ3) is 3.17. The van der Waals surface area contributed by atoms with Gasteiger partial charge in [0.25, 0.3) is 5.69 Å². The van der Waals surface area contributed by atoms with Gasteiger partial charge in [0.2, 0.25) is 0 Å². The Morgan fingerprint density at radius 3 is 2.93 bits per heavy atom. The smallest absolute Gasteiger partial charge is 0.290 e. The van der Waals surface area contributed by atoms with Crippen LogP contribution in [-0.4, -0.2) is 28.2 Å². The summed E-state index contributed by atoms with van der Waals surface area (Å²) in [5, 5.41) is 22.0. The second kappa shape index (κ2) is 5.26. The predicted molar refractivity (Wildman–Crippen MR) is 55.8 cm³/mol. The van der Waals surface area contributed by atoms with Gasteiger partial charge in [-0.3, -0.25) is 10.1 Å². The zero-order valence-electron chi connectivity index (χ0n) is 8.43. The molecule has 1 aromatic heterocycles. The number of hydrogen-bond donors (Lipinski definition) is 2. The van der Waals surface area contributed by atoms with Gasteiger partial charge in [-0.25, -0.2) is 4.98 Å². The summed E-state index contributed by atoms with van der Waals surface area (Å²) in [7, 11) is 0. The minimum Gasteiger partial charge on any atom is -0.396 e. The van der Waals surface area contributed by atoms with Crippen LogP contribution in [0.3, 0.4) is 0 Å². The number of nitrogens with zero attached hydrogens (tertiary/aromatic N) is 2. The fraction of sp³-hybridized carbons (Fsp3) is 0.444. The number of rotatable bonds is 5. The van der Waals surface area contributed by atoms with Crippen molar-refractivity contribution in [3.05, 3.63) is 27.9 Å². The summed E-state index contributed by atoms with van der Waals surface area (Å²) in [6.45, 7) is 2.37. The van der Waals surface area contributed by atoms with Crippen LogP contribution < -0.4 is 5.32 Å². The standard InChI is InChI=1S/C9H13N3O3/c1-7-5-9(10-3-2-4-13)11-6-8(7)12(14)15/h5-6,13H,2-4H2,1H3,(H,10,11). The van der Waals surface area contributed by atoms with E-state index in [-0.39, 0.29) is 12.3 Å². The van der Waals surface area contributed by atoms with Gasteiger partial charge in [0, 0.05) is 18.7 Å². The lowest BCUT2D eigenvalue weighted by Crippen LogP contribution is -2.05. The third-order valence-electron chi connectivity index (χ3n) is 1.92. The van der Waals surface area contributed by atoms with Crippen LogP contribution in [0.5, 0.6) is 0 Å². The lowest BCUT2D eigenvalue weighted by molar-refractivity contribution is -0.385. The molecule has 0 amide bonds. The molecule has 0 saturated carbocycles. The van der Waals surface area contributed by atoms with E-state index in [4.69, 9.17) is 5.11 Å². The highest BCUT2D eigenvalue weighted by Crippen LogP contribution is 2.18. The van der Waals surface area contributed by atoms with Gasteiger partial charge in [0.1, 0.15) is 12.0 Å². The summed E-state index contributed by atoms with van der Waals surface area (Å²) in [5.74, 6) is 0.589. The summed E-state index contributed by atoms with van der Waals surface area (Å²) in [5.41, 5.74) is 0.587. The highest BCUT2D eigenvalue weighted by Gasteiger charge is 2.10. The maximum atomic E-state index is 10.5. The van der Waals surface area contributed by atoms with Crippen molar-refractivity contribution in [1.82, 2.24) is 4.98 Å². The molecule has 0 aliphatic rings. The van der Waals surface area contributed by atoms with Crippen LogP contribution in [0.4, 0.5) is 11.5 Å². The number of nitrogens with one attached hydrogen (secondary N) is 1. The second-order valence-electron chi connectivity index (χ2n) is 3.12. The van der Waals surface area contributed by atoms with Crippen LogP contribution in [0, 0.1) is 17.0 Å². The van der Waals surface area contributed by atoms with E-state index in [0.29, 0.717) is 24.3 Å². The van der Waals surface area contributed by atoms with Crippen LogP contribution >= 0.6 is 0 Å². The average molecular weight is 211 g/mol. The van der Waals surface area contributed by atoms with Gasteiger partial charge in [-0.1, -0.05) is 0 Å². The summed E-state index contributed by atoms with van der Waals surface area (Å²) in [6.07, 6.45) is 1.86. The Morgan fingerprint density at radius 1 is 1.67 bits per heavy atom. The molecule has 6 nitrogen and oxygen atoms in total. The lowest BCUT2D eigenvalue weighted by Gasteiger charge is -2.04. The van der Waals surface area contributed by atoms with E-state index in [1.165, 1.54) is 6.20 Å². The van der Waals surface area contributed by atoms with Crippen molar-refractivity contribution in [2.24, 2.45) is 0 Å². The van der Waals surface area contributed by atoms with Crippen molar-refractivity contribution >= 4 is 11.5 Å². The number of pyridine rings is 1. The molecule has 1 heterocycles. The topological polar surface area (TPSA) is 88.3 Å². The Balaban J connectivity index is 2.69. The van der Waals surface area contributed by atoms with E-state index in [1.54, 1.807) is 13.0 Å². The summed E-state index contributed by atoms with van der Waals surface area (Å²) in [6, 6.07) is 1.62. The SMILES string of the molecule is Cc1cc(NCCCO)ncc1[N+](=O)[O-]. The molecule has 82 valence electrons. The Hall–Kier alpha value is -1.69. The first-order valence-electron chi connectivity index (χ1n) is 4.61. The first-order chi connectivity index (χ1) is 7.15. The molecular formula is C9H13N3O3. The molecule has 0 fully saturated rings. The summed E-state index contributed by atoms with van der Waals surface area (Å²) in [4.78, 5) is 13.9. The fourth-order valence-corrected chi connectivity index (χ4v) is 1.13. The van der Waals surface area contributed by atoms with E-state index >= 15 is 0 Å².